The lowest BCUT2D eigenvalue weighted by Crippen LogP contribution is -2.08. The van der Waals surface area contributed by atoms with E-state index in [9.17, 15) is 4.39 Å². The van der Waals surface area contributed by atoms with E-state index in [4.69, 9.17) is 0 Å². The molecule has 0 aliphatic heterocycles. The number of aromatic nitrogens is 2. The Bertz CT molecular complexity index is 683. The Hall–Kier alpha value is -1.49. The predicted molar refractivity (Wildman–Crippen MR) is 86.0 cm³/mol. The molecule has 1 saturated carbocycles. The zero-order valence-corrected chi connectivity index (χ0v) is 13.7. The minimum atomic E-state index is -0.260. The van der Waals surface area contributed by atoms with Crippen molar-refractivity contribution in [2.45, 2.75) is 32.6 Å². The van der Waals surface area contributed by atoms with Gasteiger partial charge in [-0.15, -0.1) is 0 Å². The van der Waals surface area contributed by atoms with Crippen LogP contribution in [0.3, 0.4) is 0 Å². The number of rotatable bonds is 4. The van der Waals surface area contributed by atoms with Crippen molar-refractivity contribution < 1.29 is 4.39 Å². The van der Waals surface area contributed by atoms with Crippen LogP contribution in [-0.2, 0) is 0 Å². The Morgan fingerprint density at radius 3 is 2.76 bits per heavy atom. The van der Waals surface area contributed by atoms with Crippen LogP contribution >= 0.6 is 15.9 Å². The molecule has 1 aliphatic carbocycles. The van der Waals surface area contributed by atoms with Crippen molar-refractivity contribution in [1.82, 2.24) is 9.97 Å². The van der Waals surface area contributed by atoms with Gasteiger partial charge >= 0.3 is 0 Å². The van der Waals surface area contributed by atoms with Crippen molar-refractivity contribution in [3.05, 3.63) is 39.9 Å². The van der Waals surface area contributed by atoms with Crippen LogP contribution < -0.4 is 5.32 Å². The number of hydrogen-bond acceptors (Lipinski definition) is 3. The van der Waals surface area contributed by atoms with Crippen molar-refractivity contribution in [3.63, 3.8) is 0 Å². The van der Waals surface area contributed by atoms with Crippen LogP contribution in [0.15, 0.2) is 22.7 Å². The van der Waals surface area contributed by atoms with E-state index in [2.05, 4.69) is 31.2 Å². The highest BCUT2D eigenvalue weighted by molar-refractivity contribution is 9.10. The monoisotopic (exact) mass is 349 g/mol. The summed E-state index contributed by atoms with van der Waals surface area (Å²) in [5.74, 6) is 1.80. The molecule has 2 aromatic rings. The van der Waals surface area contributed by atoms with Gasteiger partial charge in [0, 0.05) is 28.1 Å². The van der Waals surface area contributed by atoms with E-state index >= 15 is 0 Å². The highest BCUT2D eigenvalue weighted by Crippen LogP contribution is 2.40. The minimum Gasteiger partial charge on any atom is -0.370 e. The van der Waals surface area contributed by atoms with Gasteiger partial charge < -0.3 is 5.32 Å². The number of anilines is 1. The van der Waals surface area contributed by atoms with Gasteiger partial charge in [0.2, 0.25) is 0 Å². The van der Waals surface area contributed by atoms with Crippen LogP contribution in [0.25, 0.3) is 11.3 Å². The van der Waals surface area contributed by atoms with Crippen LogP contribution in [0.5, 0.6) is 0 Å². The van der Waals surface area contributed by atoms with Gasteiger partial charge in [-0.3, -0.25) is 0 Å². The van der Waals surface area contributed by atoms with Gasteiger partial charge in [0.1, 0.15) is 17.5 Å². The van der Waals surface area contributed by atoms with Gasteiger partial charge in [-0.2, -0.15) is 0 Å². The Labute approximate surface area is 132 Å². The number of nitrogens with zero attached hydrogens (tertiary/aromatic N) is 2. The van der Waals surface area contributed by atoms with Crippen molar-refractivity contribution >= 4 is 21.7 Å². The molecule has 3 rings (SSSR count). The molecule has 1 aromatic carbocycles. The van der Waals surface area contributed by atoms with Crippen LogP contribution in [0.1, 0.15) is 37.1 Å². The summed E-state index contributed by atoms with van der Waals surface area (Å²) >= 11 is 3.40. The fourth-order valence-electron chi connectivity index (χ4n) is 2.34. The first kappa shape index (κ1) is 14.4. The zero-order chi connectivity index (χ0) is 15.0. The first-order chi connectivity index (χ1) is 10.1. The van der Waals surface area contributed by atoms with Gasteiger partial charge in [-0.05, 0) is 44.9 Å². The predicted octanol–water partition coefficient (Wildman–Crippen LogP) is 4.66. The molecule has 0 unspecified atom stereocenters. The summed E-state index contributed by atoms with van der Waals surface area (Å²) in [7, 11) is 0. The molecule has 110 valence electrons. The lowest BCUT2D eigenvalue weighted by Gasteiger charge is -2.14. The molecule has 21 heavy (non-hydrogen) atoms. The van der Waals surface area contributed by atoms with Crippen molar-refractivity contribution in [2.75, 3.05) is 11.9 Å². The van der Waals surface area contributed by atoms with Crippen LogP contribution in [0, 0.1) is 12.7 Å². The Balaban J connectivity index is 2.17. The Morgan fingerprint density at radius 2 is 2.10 bits per heavy atom. The SMILES string of the molecule is CCNc1nc(C2CC2)nc(-c2cc(Br)ccc2F)c1C. The topological polar surface area (TPSA) is 37.8 Å². The maximum Gasteiger partial charge on any atom is 0.134 e. The standard InChI is InChI=1S/C16H17BrFN3/c1-3-19-15-9(2)14(20-16(21-15)10-4-5-10)12-8-11(17)6-7-13(12)18/h6-8,10H,3-5H2,1-2H3,(H,19,20,21). The first-order valence-corrected chi connectivity index (χ1v) is 7.97. The highest BCUT2D eigenvalue weighted by atomic mass is 79.9. The largest absolute Gasteiger partial charge is 0.370 e. The summed E-state index contributed by atoms with van der Waals surface area (Å²) in [5.41, 5.74) is 2.09. The molecule has 1 aliphatic rings. The van der Waals surface area contributed by atoms with E-state index in [1.807, 2.05) is 13.8 Å². The van der Waals surface area contributed by atoms with Crippen molar-refractivity contribution in [1.29, 1.82) is 0 Å². The van der Waals surface area contributed by atoms with E-state index in [-0.39, 0.29) is 5.82 Å². The quantitative estimate of drug-likeness (QED) is 0.871. The Morgan fingerprint density at radius 1 is 1.33 bits per heavy atom. The number of nitrogens with one attached hydrogen (secondary N) is 1. The zero-order valence-electron chi connectivity index (χ0n) is 12.1. The fraction of sp³-hybridized carbons (Fsp3) is 0.375. The molecule has 1 N–H and O–H groups in total. The maximum atomic E-state index is 14.2. The van der Waals surface area contributed by atoms with Gasteiger partial charge in [-0.1, -0.05) is 15.9 Å². The highest BCUT2D eigenvalue weighted by Gasteiger charge is 2.28. The average molecular weight is 350 g/mol. The molecule has 1 heterocycles. The molecule has 0 spiro atoms. The number of benzene rings is 1. The third-order valence-corrected chi connectivity index (χ3v) is 4.13. The summed E-state index contributed by atoms with van der Waals surface area (Å²) in [6.07, 6.45) is 2.24. The third kappa shape index (κ3) is 2.93. The van der Waals surface area contributed by atoms with E-state index < -0.39 is 0 Å². The van der Waals surface area contributed by atoms with Gasteiger partial charge in [-0.25, -0.2) is 14.4 Å². The van der Waals surface area contributed by atoms with E-state index in [1.54, 1.807) is 12.1 Å². The maximum absolute atomic E-state index is 14.2. The minimum absolute atomic E-state index is 0.260. The van der Waals surface area contributed by atoms with Crippen LogP contribution in [0.4, 0.5) is 10.2 Å². The molecule has 3 nitrogen and oxygen atoms in total. The molecule has 0 atom stereocenters. The molecule has 0 bridgehead atoms. The molecule has 1 aromatic heterocycles. The van der Waals surface area contributed by atoms with Crippen LogP contribution in [-0.4, -0.2) is 16.5 Å². The van der Waals surface area contributed by atoms with Gasteiger partial charge in [0.25, 0.3) is 0 Å². The van der Waals surface area contributed by atoms with Crippen molar-refractivity contribution in [2.24, 2.45) is 0 Å². The summed E-state index contributed by atoms with van der Waals surface area (Å²) in [4.78, 5) is 9.24. The van der Waals surface area contributed by atoms with E-state index in [0.717, 1.165) is 41.1 Å². The second-order valence-corrected chi connectivity index (χ2v) is 6.25. The second kappa shape index (κ2) is 5.72. The second-order valence-electron chi connectivity index (χ2n) is 5.33. The molecule has 0 amide bonds. The van der Waals surface area contributed by atoms with Crippen LogP contribution in [0.2, 0.25) is 0 Å². The van der Waals surface area contributed by atoms with Gasteiger partial charge in [0.05, 0.1) is 5.69 Å². The van der Waals surface area contributed by atoms with E-state index in [0.29, 0.717) is 17.2 Å². The van der Waals surface area contributed by atoms with E-state index in [1.165, 1.54) is 6.07 Å². The third-order valence-electron chi connectivity index (χ3n) is 3.63. The fourth-order valence-corrected chi connectivity index (χ4v) is 2.70. The summed E-state index contributed by atoms with van der Waals surface area (Å²) in [6.45, 7) is 4.74. The lowest BCUT2D eigenvalue weighted by atomic mass is 10.1. The lowest BCUT2D eigenvalue weighted by molar-refractivity contribution is 0.630. The average Bonchev–Trinajstić information content (AvgIpc) is 3.29. The van der Waals surface area contributed by atoms with Gasteiger partial charge in [0.15, 0.2) is 0 Å². The number of hydrogen-bond donors (Lipinski definition) is 1. The van der Waals surface area contributed by atoms with Crippen molar-refractivity contribution in [3.8, 4) is 11.3 Å². The molecule has 5 heteroatoms. The molecule has 1 fully saturated rings. The summed E-state index contributed by atoms with van der Waals surface area (Å²) in [5, 5.41) is 3.26. The summed E-state index contributed by atoms with van der Waals surface area (Å²) in [6, 6.07) is 4.93. The number of halogens is 2. The first-order valence-electron chi connectivity index (χ1n) is 7.18. The Kier molecular flexibility index (Phi) is 3.93. The molecular formula is C16H17BrFN3. The summed E-state index contributed by atoms with van der Waals surface area (Å²) < 4.78 is 15.0. The smallest absolute Gasteiger partial charge is 0.134 e. The molecule has 0 radical (unpaired) electrons. The molecular weight excluding hydrogens is 333 g/mol. The normalized spacial score (nSPS) is 14.3. The molecule has 0 saturated heterocycles.